The molecule has 0 saturated heterocycles. The fourth-order valence-electron chi connectivity index (χ4n) is 2.05. The minimum atomic E-state index is 0.477. The van der Waals surface area contributed by atoms with Crippen molar-refractivity contribution in [1.29, 1.82) is 0 Å². The van der Waals surface area contributed by atoms with Gasteiger partial charge in [-0.25, -0.2) is 0 Å². The predicted molar refractivity (Wildman–Crippen MR) is 83.2 cm³/mol. The van der Waals surface area contributed by atoms with Crippen LogP contribution in [0.1, 0.15) is 0 Å². The van der Waals surface area contributed by atoms with Crippen LogP contribution in [0, 0.1) is 4.77 Å². The van der Waals surface area contributed by atoms with Gasteiger partial charge in [-0.2, -0.15) is 5.10 Å². The van der Waals surface area contributed by atoms with E-state index in [9.17, 15) is 0 Å². The van der Waals surface area contributed by atoms with Crippen molar-refractivity contribution in [2.24, 2.45) is 7.05 Å². The van der Waals surface area contributed by atoms with Crippen molar-refractivity contribution in [1.82, 2.24) is 19.3 Å². The van der Waals surface area contributed by atoms with E-state index in [0.29, 0.717) is 20.6 Å². The van der Waals surface area contributed by atoms with Gasteiger partial charge in [0.2, 0.25) is 0 Å². The molecule has 0 spiro atoms. The zero-order valence-corrected chi connectivity index (χ0v) is 12.8. The van der Waals surface area contributed by atoms with Crippen LogP contribution in [0.15, 0.2) is 36.5 Å². The largest absolute Gasteiger partial charge is 0.348 e. The molecule has 102 valence electrons. The molecule has 7 heteroatoms. The van der Waals surface area contributed by atoms with Crippen molar-refractivity contribution in [3.05, 3.63) is 51.3 Å². The van der Waals surface area contributed by atoms with Crippen LogP contribution in [0.2, 0.25) is 10.0 Å². The van der Waals surface area contributed by atoms with Crippen LogP contribution in [0.5, 0.6) is 0 Å². The maximum atomic E-state index is 6.27. The van der Waals surface area contributed by atoms with E-state index in [1.54, 1.807) is 16.7 Å². The Morgan fingerprint density at radius 2 is 2.05 bits per heavy atom. The molecule has 1 aromatic carbocycles. The summed E-state index contributed by atoms with van der Waals surface area (Å²) in [4.78, 5) is 0. The highest BCUT2D eigenvalue weighted by Crippen LogP contribution is 2.28. The fourth-order valence-corrected chi connectivity index (χ4v) is 2.77. The number of rotatable bonds is 2. The number of nitrogens with one attached hydrogen (secondary N) is 1. The third kappa shape index (κ3) is 2.18. The van der Waals surface area contributed by atoms with E-state index >= 15 is 0 Å². The van der Waals surface area contributed by atoms with Gasteiger partial charge in [0, 0.05) is 18.3 Å². The molecule has 0 aliphatic rings. The van der Waals surface area contributed by atoms with Gasteiger partial charge >= 0.3 is 0 Å². The van der Waals surface area contributed by atoms with Crippen LogP contribution in [-0.2, 0) is 7.05 Å². The molecule has 3 aromatic rings. The van der Waals surface area contributed by atoms with Gasteiger partial charge in [0.15, 0.2) is 10.6 Å². The van der Waals surface area contributed by atoms with Gasteiger partial charge in [-0.05, 0) is 42.5 Å². The van der Waals surface area contributed by atoms with E-state index in [4.69, 9.17) is 35.4 Å². The van der Waals surface area contributed by atoms with Crippen LogP contribution >= 0.6 is 35.4 Å². The normalized spacial score (nSPS) is 10.9. The zero-order chi connectivity index (χ0) is 14.3. The molecule has 3 rings (SSSR count). The molecule has 20 heavy (non-hydrogen) atoms. The van der Waals surface area contributed by atoms with Crippen molar-refractivity contribution in [2.45, 2.75) is 0 Å². The molecule has 0 aliphatic carbocycles. The Balaban J connectivity index is 2.27. The maximum Gasteiger partial charge on any atom is 0.200 e. The van der Waals surface area contributed by atoms with E-state index in [2.05, 4.69) is 10.2 Å². The van der Waals surface area contributed by atoms with Crippen LogP contribution < -0.4 is 0 Å². The summed E-state index contributed by atoms with van der Waals surface area (Å²) in [5, 5.41) is 8.19. The summed E-state index contributed by atoms with van der Waals surface area (Å²) in [6.07, 6.45) is 1.95. The van der Waals surface area contributed by atoms with E-state index < -0.39 is 0 Å². The SMILES string of the molecule is Cn1cccc1-c1n[nH]c(=S)n1-c1ccc(Cl)cc1Cl. The third-order valence-corrected chi connectivity index (χ3v) is 3.81. The van der Waals surface area contributed by atoms with E-state index in [-0.39, 0.29) is 0 Å². The smallest absolute Gasteiger partial charge is 0.200 e. The molecule has 0 fully saturated rings. The lowest BCUT2D eigenvalue weighted by atomic mass is 10.3. The van der Waals surface area contributed by atoms with Crippen LogP contribution in [-0.4, -0.2) is 19.3 Å². The lowest BCUT2D eigenvalue weighted by molar-refractivity contribution is 0.909. The van der Waals surface area contributed by atoms with Crippen molar-refractivity contribution < 1.29 is 0 Å². The number of benzene rings is 1. The molecule has 0 bridgehead atoms. The first kappa shape index (κ1) is 13.4. The molecule has 0 saturated carbocycles. The molecule has 2 aromatic heterocycles. The first-order valence-corrected chi connectivity index (χ1v) is 6.99. The highest BCUT2D eigenvalue weighted by atomic mass is 35.5. The van der Waals surface area contributed by atoms with Gasteiger partial charge in [-0.15, -0.1) is 0 Å². The molecule has 0 unspecified atom stereocenters. The predicted octanol–water partition coefficient (Wildman–Crippen LogP) is 4.24. The monoisotopic (exact) mass is 324 g/mol. The topological polar surface area (TPSA) is 38.5 Å². The third-order valence-electron chi connectivity index (χ3n) is 3.00. The average molecular weight is 325 g/mol. The standard InChI is InChI=1S/C13H10Cl2N4S/c1-18-6-2-3-11(18)12-16-17-13(20)19(12)10-5-4-8(14)7-9(10)15/h2-7H,1H3,(H,17,20). The van der Waals surface area contributed by atoms with Crippen molar-refractivity contribution in [3.8, 4) is 17.2 Å². The first-order valence-electron chi connectivity index (χ1n) is 5.82. The van der Waals surface area contributed by atoms with E-state index in [1.807, 2.05) is 36.0 Å². The molecule has 0 radical (unpaired) electrons. The highest BCUT2D eigenvalue weighted by Gasteiger charge is 2.15. The summed E-state index contributed by atoms with van der Waals surface area (Å²) >= 11 is 17.5. The van der Waals surface area contributed by atoms with Crippen molar-refractivity contribution in [2.75, 3.05) is 0 Å². The lowest BCUT2D eigenvalue weighted by Crippen LogP contribution is -2.01. The van der Waals surface area contributed by atoms with Gasteiger partial charge in [0.05, 0.1) is 16.4 Å². The minimum absolute atomic E-state index is 0.477. The van der Waals surface area contributed by atoms with Crippen LogP contribution in [0.3, 0.4) is 0 Å². The molecule has 2 heterocycles. The Bertz CT molecular complexity index is 831. The van der Waals surface area contributed by atoms with Gasteiger partial charge in [-0.1, -0.05) is 23.2 Å². The number of aromatic amines is 1. The van der Waals surface area contributed by atoms with Crippen LogP contribution in [0.4, 0.5) is 0 Å². The summed E-state index contributed by atoms with van der Waals surface area (Å²) < 4.78 is 4.24. The Hall–Kier alpha value is -1.56. The maximum absolute atomic E-state index is 6.27. The second-order valence-electron chi connectivity index (χ2n) is 4.29. The fraction of sp³-hybridized carbons (Fsp3) is 0.0769. The number of H-pyrrole nitrogens is 1. The second-order valence-corrected chi connectivity index (χ2v) is 5.52. The molecule has 0 amide bonds. The minimum Gasteiger partial charge on any atom is -0.348 e. The highest BCUT2D eigenvalue weighted by molar-refractivity contribution is 7.71. The summed E-state index contributed by atoms with van der Waals surface area (Å²) in [5.74, 6) is 0.701. The quantitative estimate of drug-likeness (QED) is 0.716. The number of halogens is 2. The zero-order valence-electron chi connectivity index (χ0n) is 10.5. The molecule has 0 aliphatic heterocycles. The Morgan fingerprint density at radius 1 is 1.25 bits per heavy atom. The molecular weight excluding hydrogens is 315 g/mol. The Kier molecular flexibility index (Phi) is 3.41. The summed E-state index contributed by atoms with van der Waals surface area (Å²) in [7, 11) is 1.95. The number of hydrogen-bond donors (Lipinski definition) is 1. The molecule has 1 N–H and O–H groups in total. The van der Waals surface area contributed by atoms with Gasteiger partial charge < -0.3 is 4.57 Å². The second kappa shape index (κ2) is 5.09. The average Bonchev–Trinajstić information content (AvgIpc) is 2.96. The summed E-state index contributed by atoms with van der Waals surface area (Å²) in [6, 6.07) is 9.18. The number of aromatic nitrogens is 4. The number of aryl methyl sites for hydroxylation is 1. The Morgan fingerprint density at radius 3 is 2.70 bits per heavy atom. The molecule has 4 nitrogen and oxygen atoms in total. The Labute approximate surface area is 130 Å². The van der Waals surface area contributed by atoms with Gasteiger partial charge in [-0.3, -0.25) is 9.67 Å². The van der Waals surface area contributed by atoms with Gasteiger partial charge in [0.25, 0.3) is 0 Å². The number of hydrogen-bond acceptors (Lipinski definition) is 2. The summed E-state index contributed by atoms with van der Waals surface area (Å²) in [5.41, 5.74) is 1.68. The number of nitrogens with zero attached hydrogens (tertiary/aromatic N) is 3. The summed E-state index contributed by atoms with van der Waals surface area (Å²) in [6.45, 7) is 0. The first-order chi connectivity index (χ1) is 9.58. The lowest BCUT2D eigenvalue weighted by Gasteiger charge is -2.09. The molecular formula is C13H10Cl2N4S. The van der Waals surface area contributed by atoms with E-state index in [0.717, 1.165) is 11.4 Å². The van der Waals surface area contributed by atoms with Gasteiger partial charge in [0.1, 0.15) is 0 Å². The van der Waals surface area contributed by atoms with Crippen molar-refractivity contribution in [3.63, 3.8) is 0 Å². The van der Waals surface area contributed by atoms with Crippen LogP contribution in [0.25, 0.3) is 17.2 Å². The molecule has 0 atom stereocenters. The van der Waals surface area contributed by atoms with Crippen molar-refractivity contribution >= 4 is 35.4 Å². The van der Waals surface area contributed by atoms with E-state index in [1.165, 1.54) is 0 Å².